The molecule has 0 amide bonds. The first-order valence-electron chi connectivity index (χ1n) is 4.26. The fourth-order valence-corrected chi connectivity index (χ4v) is 1.51. The van der Waals surface area contributed by atoms with Gasteiger partial charge in [-0.15, -0.1) is 0 Å². The highest BCUT2D eigenvalue weighted by molar-refractivity contribution is 9.10. The van der Waals surface area contributed by atoms with E-state index in [1.165, 1.54) is 24.4 Å². The maximum absolute atomic E-state index is 13.0. The summed E-state index contributed by atoms with van der Waals surface area (Å²) in [4.78, 5) is 7.54. The van der Waals surface area contributed by atoms with Crippen molar-refractivity contribution < 1.29 is 9.13 Å². The van der Waals surface area contributed by atoms with Gasteiger partial charge >= 0.3 is 0 Å². The van der Waals surface area contributed by atoms with Gasteiger partial charge in [0.15, 0.2) is 0 Å². The van der Waals surface area contributed by atoms with Gasteiger partial charge in [0.25, 0.3) is 0 Å². The third-order valence-corrected chi connectivity index (χ3v) is 2.55. The van der Waals surface area contributed by atoms with Crippen LogP contribution in [0.4, 0.5) is 4.39 Å². The predicted molar refractivity (Wildman–Crippen MR) is 61.2 cm³/mol. The standard InChI is InChI=1S/C10H5BrClFN2O/c11-7-2-1-6(13)5-8(7)16-9-3-4-14-10(12)15-9/h1-5H. The summed E-state index contributed by atoms with van der Waals surface area (Å²) < 4.78 is 18.9. The van der Waals surface area contributed by atoms with Gasteiger partial charge in [0, 0.05) is 18.3 Å². The molecule has 0 fully saturated rings. The summed E-state index contributed by atoms with van der Waals surface area (Å²) in [5.74, 6) is 0.194. The largest absolute Gasteiger partial charge is 0.438 e. The van der Waals surface area contributed by atoms with E-state index in [0.29, 0.717) is 10.2 Å². The molecular weight excluding hydrogens is 298 g/mol. The fourth-order valence-electron chi connectivity index (χ4n) is 1.04. The van der Waals surface area contributed by atoms with Crippen molar-refractivity contribution in [2.75, 3.05) is 0 Å². The van der Waals surface area contributed by atoms with Gasteiger partial charge in [-0.1, -0.05) is 0 Å². The molecule has 0 bridgehead atoms. The van der Waals surface area contributed by atoms with Crippen molar-refractivity contribution in [3.05, 3.63) is 46.0 Å². The molecule has 0 atom stereocenters. The number of hydrogen-bond donors (Lipinski definition) is 0. The van der Waals surface area contributed by atoms with Crippen LogP contribution < -0.4 is 4.74 Å². The molecule has 1 aromatic carbocycles. The Morgan fingerprint density at radius 1 is 1.31 bits per heavy atom. The lowest BCUT2D eigenvalue weighted by Crippen LogP contribution is -1.91. The quantitative estimate of drug-likeness (QED) is 0.791. The Bertz CT molecular complexity index is 524. The third kappa shape index (κ3) is 2.68. The molecule has 1 aromatic heterocycles. The summed E-state index contributed by atoms with van der Waals surface area (Å²) in [6.07, 6.45) is 1.46. The van der Waals surface area contributed by atoms with Gasteiger partial charge in [0.2, 0.25) is 11.2 Å². The molecule has 82 valence electrons. The van der Waals surface area contributed by atoms with Crippen LogP contribution in [0.3, 0.4) is 0 Å². The molecule has 0 aliphatic rings. The van der Waals surface area contributed by atoms with E-state index in [1.54, 1.807) is 6.07 Å². The van der Waals surface area contributed by atoms with Gasteiger partial charge < -0.3 is 4.74 Å². The van der Waals surface area contributed by atoms with Gasteiger partial charge in [-0.2, -0.15) is 4.98 Å². The molecule has 0 N–H and O–H groups in total. The Balaban J connectivity index is 2.30. The van der Waals surface area contributed by atoms with Crippen molar-refractivity contribution in [2.45, 2.75) is 0 Å². The number of hydrogen-bond acceptors (Lipinski definition) is 3. The summed E-state index contributed by atoms with van der Waals surface area (Å²) in [7, 11) is 0. The first kappa shape index (κ1) is 11.3. The monoisotopic (exact) mass is 302 g/mol. The highest BCUT2D eigenvalue weighted by Crippen LogP contribution is 2.29. The van der Waals surface area contributed by atoms with E-state index in [4.69, 9.17) is 16.3 Å². The lowest BCUT2D eigenvalue weighted by molar-refractivity contribution is 0.454. The molecule has 0 saturated heterocycles. The van der Waals surface area contributed by atoms with E-state index in [0.717, 1.165) is 0 Å². The maximum atomic E-state index is 13.0. The van der Waals surface area contributed by atoms with E-state index in [2.05, 4.69) is 25.9 Å². The van der Waals surface area contributed by atoms with Crippen molar-refractivity contribution in [3.8, 4) is 11.6 Å². The average Bonchev–Trinajstić information content (AvgIpc) is 2.24. The van der Waals surface area contributed by atoms with Crippen molar-refractivity contribution in [3.63, 3.8) is 0 Å². The molecule has 0 radical (unpaired) electrons. The third-order valence-electron chi connectivity index (χ3n) is 1.71. The Morgan fingerprint density at radius 2 is 2.12 bits per heavy atom. The number of rotatable bonds is 2. The van der Waals surface area contributed by atoms with E-state index in [1.807, 2.05) is 0 Å². The number of nitrogens with zero attached hydrogens (tertiary/aromatic N) is 2. The smallest absolute Gasteiger partial charge is 0.225 e. The lowest BCUT2D eigenvalue weighted by Gasteiger charge is -2.06. The number of ether oxygens (including phenoxy) is 1. The first-order valence-corrected chi connectivity index (χ1v) is 5.44. The lowest BCUT2D eigenvalue weighted by atomic mass is 10.3. The Hall–Kier alpha value is -1.20. The molecule has 1 heterocycles. The van der Waals surface area contributed by atoms with Crippen LogP contribution in [-0.2, 0) is 0 Å². The zero-order valence-electron chi connectivity index (χ0n) is 7.82. The van der Waals surface area contributed by atoms with Crippen molar-refractivity contribution in [2.24, 2.45) is 0 Å². The molecule has 0 saturated carbocycles. The summed E-state index contributed by atoms with van der Waals surface area (Å²) in [6, 6.07) is 5.65. The molecule has 0 aliphatic heterocycles. The van der Waals surface area contributed by atoms with E-state index >= 15 is 0 Å². The van der Waals surface area contributed by atoms with Crippen molar-refractivity contribution in [1.82, 2.24) is 9.97 Å². The minimum absolute atomic E-state index is 0.0741. The summed E-state index contributed by atoms with van der Waals surface area (Å²) in [5.41, 5.74) is 0. The van der Waals surface area contributed by atoms with Crippen molar-refractivity contribution in [1.29, 1.82) is 0 Å². The predicted octanol–water partition coefficient (Wildman–Crippen LogP) is 3.82. The summed E-state index contributed by atoms with van der Waals surface area (Å²) in [6.45, 7) is 0. The summed E-state index contributed by atoms with van der Waals surface area (Å²) in [5, 5.41) is 0.0741. The Labute approximate surface area is 104 Å². The molecule has 2 rings (SSSR count). The number of benzene rings is 1. The van der Waals surface area contributed by atoms with Gasteiger partial charge in [-0.05, 0) is 39.7 Å². The second kappa shape index (κ2) is 4.76. The minimum Gasteiger partial charge on any atom is -0.438 e. The molecule has 6 heteroatoms. The normalized spacial score (nSPS) is 10.2. The van der Waals surface area contributed by atoms with Gasteiger partial charge in [-0.3, -0.25) is 0 Å². The van der Waals surface area contributed by atoms with Crippen LogP contribution in [-0.4, -0.2) is 9.97 Å². The first-order chi connectivity index (χ1) is 7.65. The zero-order chi connectivity index (χ0) is 11.5. The van der Waals surface area contributed by atoms with Crippen LogP contribution in [0.5, 0.6) is 11.6 Å². The van der Waals surface area contributed by atoms with Crippen LogP contribution in [0, 0.1) is 5.82 Å². The fraction of sp³-hybridized carbons (Fsp3) is 0. The highest BCUT2D eigenvalue weighted by Gasteiger charge is 2.05. The van der Waals surface area contributed by atoms with Gasteiger partial charge in [0.1, 0.15) is 11.6 Å². The molecule has 16 heavy (non-hydrogen) atoms. The number of aromatic nitrogens is 2. The highest BCUT2D eigenvalue weighted by atomic mass is 79.9. The van der Waals surface area contributed by atoms with E-state index in [9.17, 15) is 4.39 Å². The van der Waals surface area contributed by atoms with Crippen LogP contribution >= 0.6 is 27.5 Å². The Morgan fingerprint density at radius 3 is 2.88 bits per heavy atom. The second-order valence-electron chi connectivity index (χ2n) is 2.84. The molecule has 2 aromatic rings. The molecule has 0 spiro atoms. The van der Waals surface area contributed by atoms with Crippen LogP contribution in [0.15, 0.2) is 34.9 Å². The minimum atomic E-state index is -0.390. The van der Waals surface area contributed by atoms with Crippen molar-refractivity contribution >= 4 is 27.5 Å². The van der Waals surface area contributed by atoms with Crippen LogP contribution in [0.1, 0.15) is 0 Å². The molecule has 0 unspecified atom stereocenters. The van der Waals surface area contributed by atoms with E-state index < -0.39 is 5.82 Å². The van der Waals surface area contributed by atoms with Gasteiger partial charge in [-0.25, -0.2) is 9.37 Å². The number of halogens is 3. The SMILES string of the molecule is Fc1ccc(Br)c(Oc2ccnc(Cl)n2)c1. The zero-order valence-corrected chi connectivity index (χ0v) is 10.2. The second-order valence-corrected chi connectivity index (χ2v) is 4.03. The maximum Gasteiger partial charge on any atom is 0.225 e. The molecular formula is C10H5BrClFN2O. The molecule has 0 aliphatic carbocycles. The average molecular weight is 304 g/mol. The topological polar surface area (TPSA) is 35.0 Å². The summed E-state index contributed by atoms with van der Waals surface area (Å²) >= 11 is 8.83. The van der Waals surface area contributed by atoms with Crippen LogP contribution in [0.25, 0.3) is 0 Å². The Kier molecular flexibility index (Phi) is 3.36. The van der Waals surface area contributed by atoms with Crippen LogP contribution in [0.2, 0.25) is 5.28 Å². The van der Waals surface area contributed by atoms with Gasteiger partial charge in [0.05, 0.1) is 4.47 Å². The van der Waals surface area contributed by atoms with E-state index in [-0.39, 0.29) is 11.2 Å². The molecule has 3 nitrogen and oxygen atoms in total.